The van der Waals surface area contributed by atoms with Gasteiger partial charge in [0.15, 0.2) is 11.5 Å². The van der Waals surface area contributed by atoms with Crippen molar-refractivity contribution in [3.63, 3.8) is 0 Å². The van der Waals surface area contributed by atoms with Gasteiger partial charge in [-0.25, -0.2) is 4.39 Å². The van der Waals surface area contributed by atoms with Crippen LogP contribution in [0.3, 0.4) is 0 Å². The van der Waals surface area contributed by atoms with Gasteiger partial charge in [-0.05, 0) is 6.07 Å². The van der Waals surface area contributed by atoms with E-state index in [-0.39, 0.29) is 42.4 Å². The number of benzene rings is 1. The minimum absolute atomic E-state index is 0.0131. The van der Waals surface area contributed by atoms with Crippen molar-refractivity contribution in [3.05, 3.63) is 23.0 Å². The molecule has 1 heterocycles. The second-order valence-electron chi connectivity index (χ2n) is 3.83. The maximum absolute atomic E-state index is 13.7. The monoisotopic (exact) mass is 287 g/mol. The van der Waals surface area contributed by atoms with Crippen molar-refractivity contribution in [1.29, 1.82) is 5.26 Å². The van der Waals surface area contributed by atoms with Crippen LogP contribution in [0.1, 0.15) is 11.1 Å². The minimum atomic E-state index is -3.66. The molecule has 102 valence electrons. The molecular weight excluding hydrogens is 277 g/mol. The van der Waals surface area contributed by atoms with Gasteiger partial charge in [0, 0.05) is 5.56 Å². The number of halogens is 1. The summed E-state index contributed by atoms with van der Waals surface area (Å²) in [6, 6.07) is 2.70. The Kier molecular flexibility index (Phi) is 3.59. The van der Waals surface area contributed by atoms with E-state index in [0.29, 0.717) is 0 Å². The van der Waals surface area contributed by atoms with E-state index in [0.717, 1.165) is 12.3 Å². The average Bonchev–Trinajstić information content (AvgIpc) is 2.35. The molecule has 6 nitrogen and oxygen atoms in total. The van der Waals surface area contributed by atoms with Crippen molar-refractivity contribution in [2.45, 2.75) is 6.61 Å². The van der Waals surface area contributed by atoms with Gasteiger partial charge in [-0.2, -0.15) is 13.7 Å². The largest absolute Gasteiger partial charge is 0.486 e. The molecule has 0 amide bonds. The quantitative estimate of drug-likeness (QED) is 0.769. The molecule has 0 aromatic heterocycles. The summed E-state index contributed by atoms with van der Waals surface area (Å²) in [6.07, 6.45) is 0.886. The molecule has 19 heavy (non-hydrogen) atoms. The third kappa shape index (κ3) is 2.94. The molecule has 0 aliphatic carbocycles. The Balaban J connectivity index is 2.45. The maximum atomic E-state index is 13.7. The molecule has 2 rings (SSSR count). The van der Waals surface area contributed by atoms with Crippen molar-refractivity contribution >= 4 is 10.1 Å². The Bertz CT molecular complexity index is 650. The number of nitrogens with zero attached hydrogens (tertiary/aromatic N) is 1. The zero-order chi connectivity index (χ0) is 14.0. The summed E-state index contributed by atoms with van der Waals surface area (Å²) in [5, 5.41) is 8.87. The standard InChI is InChI=1S/C11H10FNO5S/c1-19(14,15)18-6-7-4-9(12)8(5-13)11-10(7)16-2-3-17-11/h4H,2-3,6H2,1H3. The fourth-order valence-electron chi connectivity index (χ4n) is 1.62. The van der Waals surface area contributed by atoms with Crippen LogP contribution in [-0.4, -0.2) is 27.9 Å². The number of fused-ring (bicyclic) bond motifs is 1. The highest BCUT2D eigenvalue weighted by Crippen LogP contribution is 2.39. The van der Waals surface area contributed by atoms with Gasteiger partial charge in [-0.3, -0.25) is 4.18 Å². The predicted octanol–water partition coefficient (Wildman–Crippen LogP) is 0.945. The lowest BCUT2D eigenvalue weighted by Crippen LogP contribution is -2.18. The molecule has 1 aliphatic rings. The Labute approximate surface area is 109 Å². The van der Waals surface area contributed by atoms with Gasteiger partial charge in [0.25, 0.3) is 10.1 Å². The summed E-state index contributed by atoms with van der Waals surface area (Å²) in [5.41, 5.74) is -0.0885. The second kappa shape index (κ2) is 5.03. The summed E-state index contributed by atoms with van der Waals surface area (Å²) < 4.78 is 50.7. The Morgan fingerprint density at radius 2 is 2.05 bits per heavy atom. The van der Waals surface area contributed by atoms with Crippen LogP contribution in [0.5, 0.6) is 11.5 Å². The lowest BCUT2D eigenvalue weighted by molar-refractivity contribution is 0.165. The molecule has 1 aromatic carbocycles. The fraction of sp³-hybridized carbons (Fsp3) is 0.364. The van der Waals surface area contributed by atoms with E-state index < -0.39 is 15.9 Å². The molecule has 0 saturated carbocycles. The molecule has 1 aromatic rings. The minimum Gasteiger partial charge on any atom is -0.486 e. The van der Waals surface area contributed by atoms with Crippen LogP contribution < -0.4 is 9.47 Å². The number of ether oxygens (including phenoxy) is 2. The van der Waals surface area contributed by atoms with Crippen molar-refractivity contribution in [2.24, 2.45) is 0 Å². The Morgan fingerprint density at radius 1 is 1.42 bits per heavy atom. The van der Waals surface area contributed by atoms with Crippen LogP contribution in [0.2, 0.25) is 0 Å². The van der Waals surface area contributed by atoms with Crippen LogP contribution in [-0.2, 0) is 20.9 Å². The molecule has 0 N–H and O–H groups in total. The van der Waals surface area contributed by atoms with Gasteiger partial charge < -0.3 is 9.47 Å². The molecule has 1 aliphatic heterocycles. The van der Waals surface area contributed by atoms with Crippen LogP contribution in [0.4, 0.5) is 4.39 Å². The van der Waals surface area contributed by atoms with E-state index in [1.807, 2.05) is 0 Å². The summed E-state index contributed by atoms with van der Waals surface area (Å²) in [5.74, 6) is -0.674. The first kappa shape index (κ1) is 13.6. The Morgan fingerprint density at radius 3 is 2.63 bits per heavy atom. The number of hydrogen-bond acceptors (Lipinski definition) is 6. The third-order valence-corrected chi connectivity index (χ3v) is 2.93. The lowest BCUT2D eigenvalue weighted by atomic mass is 10.1. The SMILES string of the molecule is CS(=O)(=O)OCc1cc(F)c(C#N)c2c1OCCO2. The molecule has 0 saturated heterocycles. The molecular formula is C11H10FNO5S. The topological polar surface area (TPSA) is 85.6 Å². The molecule has 0 radical (unpaired) electrons. The first-order chi connectivity index (χ1) is 8.92. The van der Waals surface area contributed by atoms with E-state index >= 15 is 0 Å². The van der Waals surface area contributed by atoms with Gasteiger partial charge >= 0.3 is 0 Å². The van der Waals surface area contributed by atoms with Gasteiger partial charge in [-0.1, -0.05) is 0 Å². The third-order valence-electron chi connectivity index (χ3n) is 2.38. The maximum Gasteiger partial charge on any atom is 0.264 e. The number of rotatable bonds is 3. The van der Waals surface area contributed by atoms with Crippen LogP contribution in [0, 0.1) is 17.1 Å². The second-order valence-corrected chi connectivity index (χ2v) is 5.47. The molecule has 0 atom stereocenters. The van der Waals surface area contributed by atoms with E-state index in [4.69, 9.17) is 14.7 Å². The highest BCUT2D eigenvalue weighted by molar-refractivity contribution is 7.85. The van der Waals surface area contributed by atoms with Gasteiger partial charge in [0.1, 0.15) is 30.7 Å². The van der Waals surface area contributed by atoms with Gasteiger partial charge in [0.2, 0.25) is 0 Å². The summed E-state index contributed by atoms with van der Waals surface area (Å²) in [4.78, 5) is 0. The molecule has 8 heteroatoms. The highest BCUT2D eigenvalue weighted by atomic mass is 32.2. The predicted molar refractivity (Wildman–Crippen MR) is 61.7 cm³/mol. The first-order valence-electron chi connectivity index (χ1n) is 5.28. The molecule has 0 unspecified atom stereocenters. The van der Waals surface area contributed by atoms with Crippen molar-refractivity contribution in [3.8, 4) is 17.6 Å². The van der Waals surface area contributed by atoms with Crippen LogP contribution in [0.15, 0.2) is 6.07 Å². The fourth-order valence-corrected chi connectivity index (χ4v) is 1.96. The van der Waals surface area contributed by atoms with Crippen molar-refractivity contribution in [1.82, 2.24) is 0 Å². The van der Waals surface area contributed by atoms with Crippen LogP contribution in [0.25, 0.3) is 0 Å². The van der Waals surface area contributed by atoms with Crippen LogP contribution >= 0.6 is 0 Å². The van der Waals surface area contributed by atoms with E-state index in [9.17, 15) is 12.8 Å². The summed E-state index contributed by atoms with van der Waals surface area (Å²) >= 11 is 0. The molecule has 0 spiro atoms. The molecule has 0 fully saturated rings. The summed E-state index contributed by atoms with van der Waals surface area (Å²) in [7, 11) is -3.66. The van der Waals surface area contributed by atoms with Crippen molar-refractivity contribution < 1.29 is 26.5 Å². The average molecular weight is 287 g/mol. The van der Waals surface area contributed by atoms with Crippen molar-refractivity contribution in [2.75, 3.05) is 19.5 Å². The number of hydrogen-bond donors (Lipinski definition) is 0. The van der Waals surface area contributed by atoms with E-state index in [1.54, 1.807) is 6.07 Å². The van der Waals surface area contributed by atoms with E-state index in [1.165, 1.54) is 0 Å². The lowest BCUT2D eigenvalue weighted by Gasteiger charge is -2.22. The van der Waals surface area contributed by atoms with Gasteiger partial charge in [-0.15, -0.1) is 0 Å². The smallest absolute Gasteiger partial charge is 0.264 e. The normalized spacial score (nSPS) is 13.9. The van der Waals surface area contributed by atoms with E-state index in [2.05, 4.69) is 4.18 Å². The first-order valence-corrected chi connectivity index (χ1v) is 7.09. The molecule has 0 bridgehead atoms. The Hall–Kier alpha value is -1.85. The van der Waals surface area contributed by atoms with Gasteiger partial charge in [0.05, 0.1) is 12.9 Å². The highest BCUT2D eigenvalue weighted by Gasteiger charge is 2.24. The zero-order valence-electron chi connectivity index (χ0n) is 9.97. The number of nitriles is 1. The zero-order valence-corrected chi connectivity index (χ0v) is 10.8. The summed E-state index contributed by atoms with van der Waals surface area (Å²) in [6.45, 7) is 0.0417.